The van der Waals surface area contributed by atoms with Crippen LogP contribution in [-0.2, 0) is 4.79 Å². The van der Waals surface area contributed by atoms with Gasteiger partial charge in [0.25, 0.3) is 0 Å². The fourth-order valence-electron chi connectivity index (χ4n) is 2.08. The summed E-state index contributed by atoms with van der Waals surface area (Å²) >= 11 is 11.7. The number of nitriles is 1. The van der Waals surface area contributed by atoms with Gasteiger partial charge in [-0.1, -0.05) is 23.2 Å². The molecule has 2 rings (SSSR count). The number of hydrogen-bond donors (Lipinski definition) is 1. The van der Waals surface area contributed by atoms with Gasteiger partial charge in [0.1, 0.15) is 18.4 Å². The smallest absolute Gasteiger partial charge is 0.238 e. The van der Waals surface area contributed by atoms with E-state index < -0.39 is 0 Å². The molecular weight excluding hydrogens is 361 g/mol. The molecule has 0 saturated carbocycles. The van der Waals surface area contributed by atoms with Crippen molar-refractivity contribution in [1.29, 1.82) is 5.26 Å². The minimum absolute atomic E-state index is 0.168. The number of benzene rings is 2. The molecule has 5 nitrogen and oxygen atoms in total. The highest BCUT2D eigenvalue weighted by Crippen LogP contribution is 2.20. The lowest BCUT2D eigenvalue weighted by molar-refractivity contribution is -0.117. The standard InChI is InChI=1S/C18H17Cl2N3O2/c1-23(8-9-25-16-6-4-14(19)5-7-16)12-18(24)22-17-10-15(20)3-2-13(17)11-21/h2-7,10H,8-9,12H2,1H3,(H,22,24). The Morgan fingerprint density at radius 3 is 2.56 bits per heavy atom. The zero-order chi connectivity index (χ0) is 18.2. The van der Waals surface area contributed by atoms with E-state index in [0.717, 1.165) is 5.75 Å². The van der Waals surface area contributed by atoms with Gasteiger partial charge in [-0.25, -0.2) is 0 Å². The van der Waals surface area contributed by atoms with Crippen LogP contribution in [0.25, 0.3) is 0 Å². The van der Waals surface area contributed by atoms with Crippen molar-refractivity contribution in [2.24, 2.45) is 0 Å². The summed E-state index contributed by atoms with van der Waals surface area (Å²) in [6, 6.07) is 13.8. The summed E-state index contributed by atoms with van der Waals surface area (Å²) in [6.07, 6.45) is 0. The van der Waals surface area contributed by atoms with Crippen LogP contribution in [-0.4, -0.2) is 37.6 Å². The van der Waals surface area contributed by atoms with Gasteiger partial charge >= 0.3 is 0 Å². The highest BCUT2D eigenvalue weighted by molar-refractivity contribution is 6.31. The highest BCUT2D eigenvalue weighted by Gasteiger charge is 2.10. The first-order valence-electron chi connectivity index (χ1n) is 7.54. The van der Waals surface area contributed by atoms with Gasteiger partial charge in [-0.15, -0.1) is 0 Å². The minimum atomic E-state index is -0.229. The molecule has 1 amide bonds. The first-order valence-corrected chi connectivity index (χ1v) is 8.30. The summed E-state index contributed by atoms with van der Waals surface area (Å²) in [7, 11) is 1.81. The van der Waals surface area contributed by atoms with Gasteiger partial charge in [0, 0.05) is 16.6 Å². The molecule has 0 aliphatic heterocycles. The molecule has 0 fully saturated rings. The van der Waals surface area contributed by atoms with E-state index in [4.69, 9.17) is 33.2 Å². The fourth-order valence-corrected chi connectivity index (χ4v) is 2.38. The topological polar surface area (TPSA) is 65.4 Å². The van der Waals surface area contributed by atoms with E-state index in [1.54, 1.807) is 42.5 Å². The molecule has 130 valence electrons. The lowest BCUT2D eigenvalue weighted by Crippen LogP contribution is -2.33. The zero-order valence-electron chi connectivity index (χ0n) is 13.6. The van der Waals surface area contributed by atoms with Gasteiger partial charge in [0.15, 0.2) is 0 Å². The first kappa shape index (κ1) is 19.1. The molecule has 0 atom stereocenters. The number of halogens is 2. The van der Waals surface area contributed by atoms with Crippen molar-refractivity contribution in [1.82, 2.24) is 4.90 Å². The SMILES string of the molecule is CN(CCOc1ccc(Cl)cc1)CC(=O)Nc1cc(Cl)ccc1C#N. The molecule has 0 aliphatic rings. The summed E-state index contributed by atoms with van der Waals surface area (Å²) in [5, 5.41) is 12.9. The van der Waals surface area contributed by atoms with E-state index in [2.05, 4.69) is 5.32 Å². The molecule has 0 heterocycles. The van der Waals surface area contributed by atoms with Crippen molar-refractivity contribution < 1.29 is 9.53 Å². The number of ether oxygens (including phenoxy) is 1. The van der Waals surface area contributed by atoms with Gasteiger partial charge in [0.05, 0.1) is 17.8 Å². The van der Waals surface area contributed by atoms with Crippen molar-refractivity contribution >= 4 is 34.8 Å². The summed E-state index contributed by atoms with van der Waals surface area (Å²) in [6.45, 7) is 1.17. The van der Waals surface area contributed by atoms with Crippen LogP contribution in [0.1, 0.15) is 5.56 Å². The predicted octanol–water partition coefficient (Wildman–Crippen LogP) is 3.81. The Morgan fingerprint density at radius 1 is 1.20 bits per heavy atom. The van der Waals surface area contributed by atoms with Gasteiger partial charge < -0.3 is 10.1 Å². The fraction of sp³-hybridized carbons (Fsp3) is 0.222. The van der Waals surface area contributed by atoms with Gasteiger partial charge in [-0.3, -0.25) is 9.69 Å². The van der Waals surface area contributed by atoms with E-state index in [-0.39, 0.29) is 12.5 Å². The monoisotopic (exact) mass is 377 g/mol. The first-order chi connectivity index (χ1) is 12.0. The van der Waals surface area contributed by atoms with E-state index in [0.29, 0.717) is 34.4 Å². The molecule has 0 spiro atoms. The predicted molar refractivity (Wildman–Crippen MR) is 99.2 cm³/mol. The summed E-state index contributed by atoms with van der Waals surface area (Å²) < 4.78 is 5.59. The van der Waals surface area contributed by atoms with Crippen molar-refractivity contribution in [2.45, 2.75) is 0 Å². The van der Waals surface area contributed by atoms with Gasteiger partial charge in [0.2, 0.25) is 5.91 Å². The van der Waals surface area contributed by atoms with Crippen LogP contribution in [0.2, 0.25) is 10.0 Å². The molecule has 1 N–H and O–H groups in total. The van der Waals surface area contributed by atoms with E-state index in [1.807, 2.05) is 18.0 Å². The molecule has 2 aromatic carbocycles. The van der Waals surface area contributed by atoms with E-state index >= 15 is 0 Å². The number of nitrogens with one attached hydrogen (secondary N) is 1. The molecule has 0 saturated heterocycles. The largest absolute Gasteiger partial charge is 0.492 e. The summed E-state index contributed by atoms with van der Waals surface area (Å²) in [5.41, 5.74) is 0.775. The third-order valence-corrected chi connectivity index (χ3v) is 3.83. The Balaban J connectivity index is 1.79. The molecule has 0 aromatic heterocycles. The maximum atomic E-state index is 12.1. The maximum Gasteiger partial charge on any atom is 0.238 e. The molecule has 0 bridgehead atoms. The molecule has 0 radical (unpaired) electrons. The molecule has 7 heteroatoms. The summed E-state index contributed by atoms with van der Waals surface area (Å²) in [4.78, 5) is 13.9. The second-order valence-corrected chi connectivity index (χ2v) is 6.26. The van der Waals surface area contributed by atoms with Gasteiger partial charge in [-0.05, 0) is 49.5 Å². The van der Waals surface area contributed by atoms with Crippen LogP contribution in [0.4, 0.5) is 5.69 Å². The Bertz CT molecular complexity index is 773. The summed E-state index contributed by atoms with van der Waals surface area (Å²) in [5.74, 6) is 0.493. The number of carbonyl (C=O) groups excluding carboxylic acids is 1. The molecular formula is C18H17Cl2N3O2. The maximum absolute atomic E-state index is 12.1. The number of nitrogens with zero attached hydrogens (tertiary/aromatic N) is 2. The second kappa shape index (κ2) is 9.28. The molecule has 2 aromatic rings. The van der Waals surface area contributed by atoms with Crippen LogP contribution in [0.15, 0.2) is 42.5 Å². The number of carbonyl (C=O) groups is 1. The normalized spacial score (nSPS) is 10.4. The minimum Gasteiger partial charge on any atom is -0.492 e. The highest BCUT2D eigenvalue weighted by atomic mass is 35.5. The average molecular weight is 378 g/mol. The van der Waals surface area contributed by atoms with Crippen molar-refractivity contribution in [3.8, 4) is 11.8 Å². The van der Waals surface area contributed by atoms with Crippen molar-refractivity contribution in [2.75, 3.05) is 32.1 Å². The number of likely N-dealkylation sites (N-methyl/N-ethyl adjacent to an activating group) is 1. The van der Waals surface area contributed by atoms with Crippen molar-refractivity contribution in [3.05, 3.63) is 58.1 Å². The van der Waals surface area contributed by atoms with Crippen LogP contribution >= 0.6 is 23.2 Å². The van der Waals surface area contributed by atoms with Crippen LogP contribution in [0, 0.1) is 11.3 Å². The van der Waals surface area contributed by atoms with Crippen molar-refractivity contribution in [3.63, 3.8) is 0 Å². The lowest BCUT2D eigenvalue weighted by Gasteiger charge is -2.17. The average Bonchev–Trinajstić information content (AvgIpc) is 2.57. The molecule has 0 unspecified atom stereocenters. The Morgan fingerprint density at radius 2 is 1.88 bits per heavy atom. The Kier molecular flexibility index (Phi) is 7.08. The van der Waals surface area contributed by atoms with Crippen LogP contribution in [0.3, 0.4) is 0 Å². The Hall–Kier alpha value is -2.26. The zero-order valence-corrected chi connectivity index (χ0v) is 15.1. The third-order valence-electron chi connectivity index (χ3n) is 3.35. The number of rotatable bonds is 7. The number of amides is 1. The third kappa shape index (κ3) is 6.28. The number of anilines is 1. The van der Waals surface area contributed by atoms with E-state index in [9.17, 15) is 4.79 Å². The molecule has 0 aliphatic carbocycles. The molecule has 25 heavy (non-hydrogen) atoms. The van der Waals surface area contributed by atoms with Gasteiger partial charge in [-0.2, -0.15) is 5.26 Å². The lowest BCUT2D eigenvalue weighted by atomic mass is 10.2. The number of hydrogen-bond acceptors (Lipinski definition) is 4. The Labute approximate surface area is 156 Å². The quantitative estimate of drug-likeness (QED) is 0.796. The van der Waals surface area contributed by atoms with E-state index in [1.165, 1.54) is 0 Å². The van der Waals surface area contributed by atoms with Crippen LogP contribution < -0.4 is 10.1 Å². The van der Waals surface area contributed by atoms with Crippen LogP contribution in [0.5, 0.6) is 5.75 Å². The second-order valence-electron chi connectivity index (χ2n) is 5.39.